The van der Waals surface area contributed by atoms with E-state index in [1.165, 1.54) is 30.4 Å². The van der Waals surface area contributed by atoms with Crippen molar-refractivity contribution in [3.63, 3.8) is 0 Å². The zero-order chi connectivity index (χ0) is 17.0. The fraction of sp³-hybridized carbons (Fsp3) is 0.375. The number of carbonyl (C=O) groups excluding carboxylic acids is 1. The van der Waals surface area contributed by atoms with Gasteiger partial charge >= 0.3 is 12.1 Å². The first kappa shape index (κ1) is 17.5. The standard InChI is InChI=1S/C16H16F3NO2S/c1-3-4-5-13-15(22-10(2)21)23-14(20-13)11-6-8-12(9-7-11)16(17,18)19/h6-9H,3-5H2,1-2H3. The molecule has 0 aliphatic carbocycles. The number of rotatable bonds is 5. The van der Waals surface area contributed by atoms with Crippen molar-refractivity contribution in [2.45, 2.75) is 39.3 Å². The molecule has 0 radical (unpaired) electrons. The highest BCUT2D eigenvalue weighted by atomic mass is 32.1. The van der Waals surface area contributed by atoms with Gasteiger partial charge in [-0.1, -0.05) is 36.8 Å². The lowest BCUT2D eigenvalue weighted by molar-refractivity contribution is -0.137. The number of carbonyl (C=O) groups is 1. The Labute approximate surface area is 136 Å². The number of unbranched alkanes of at least 4 members (excludes halogenated alkanes) is 1. The molecule has 124 valence electrons. The average molecular weight is 343 g/mol. The van der Waals surface area contributed by atoms with Gasteiger partial charge < -0.3 is 4.74 Å². The van der Waals surface area contributed by atoms with Crippen molar-refractivity contribution in [1.29, 1.82) is 0 Å². The van der Waals surface area contributed by atoms with Crippen LogP contribution in [0.1, 0.15) is 37.9 Å². The number of aryl methyl sites for hydroxylation is 1. The van der Waals surface area contributed by atoms with Gasteiger partial charge in [0.2, 0.25) is 5.06 Å². The van der Waals surface area contributed by atoms with Gasteiger partial charge in [-0.25, -0.2) is 4.98 Å². The molecular weight excluding hydrogens is 327 g/mol. The van der Waals surface area contributed by atoms with Crippen LogP contribution in [0, 0.1) is 0 Å². The van der Waals surface area contributed by atoms with Crippen molar-refractivity contribution in [1.82, 2.24) is 4.98 Å². The molecule has 0 saturated heterocycles. The summed E-state index contributed by atoms with van der Waals surface area (Å²) in [6.45, 7) is 3.34. The lowest BCUT2D eigenvalue weighted by Gasteiger charge is -2.06. The highest BCUT2D eigenvalue weighted by Crippen LogP contribution is 2.36. The monoisotopic (exact) mass is 343 g/mol. The number of nitrogens with zero attached hydrogens (tertiary/aromatic N) is 1. The van der Waals surface area contributed by atoms with Crippen molar-refractivity contribution in [2.24, 2.45) is 0 Å². The summed E-state index contributed by atoms with van der Waals surface area (Å²) in [4.78, 5) is 15.6. The van der Waals surface area contributed by atoms with E-state index in [0.29, 0.717) is 27.7 Å². The minimum absolute atomic E-state index is 0.417. The van der Waals surface area contributed by atoms with E-state index >= 15 is 0 Å². The first-order chi connectivity index (χ1) is 10.8. The first-order valence-electron chi connectivity index (χ1n) is 7.17. The summed E-state index contributed by atoms with van der Waals surface area (Å²) in [5.74, 6) is -0.439. The van der Waals surface area contributed by atoms with Crippen LogP contribution in [0.4, 0.5) is 13.2 Å². The maximum atomic E-state index is 12.6. The van der Waals surface area contributed by atoms with Crippen molar-refractivity contribution in [2.75, 3.05) is 0 Å². The van der Waals surface area contributed by atoms with Crippen LogP contribution in [0.15, 0.2) is 24.3 Å². The number of alkyl halides is 3. The van der Waals surface area contributed by atoms with Crippen LogP contribution in [0.5, 0.6) is 5.06 Å². The average Bonchev–Trinajstić information content (AvgIpc) is 2.86. The molecule has 0 unspecified atom stereocenters. The van der Waals surface area contributed by atoms with Gasteiger partial charge in [0, 0.05) is 12.5 Å². The summed E-state index contributed by atoms with van der Waals surface area (Å²) in [5.41, 5.74) is 0.533. The summed E-state index contributed by atoms with van der Waals surface area (Å²) < 4.78 is 43.0. The number of aromatic nitrogens is 1. The number of hydrogen-bond acceptors (Lipinski definition) is 4. The highest BCUT2D eigenvalue weighted by Gasteiger charge is 2.30. The molecule has 0 saturated carbocycles. The van der Waals surface area contributed by atoms with Gasteiger partial charge in [0.1, 0.15) is 5.01 Å². The Morgan fingerprint density at radius 3 is 2.43 bits per heavy atom. The zero-order valence-corrected chi connectivity index (χ0v) is 13.6. The molecule has 0 fully saturated rings. The van der Waals surface area contributed by atoms with Crippen LogP contribution in [0.2, 0.25) is 0 Å². The number of benzene rings is 1. The largest absolute Gasteiger partial charge is 0.416 e. The molecule has 23 heavy (non-hydrogen) atoms. The van der Waals surface area contributed by atoms with Gasteiger partial charge in [-0.05, 0) is 25.0 Å². The van der Waals surface area contributed by atoms with E-state index in [0.717, 1.165) is 25.0 Å². The summed E-state index contributed by atoms with van der Waals surface area (Å²) in [6.07, 6.45) is -1.84. The molecule has 1 heterocycles. The first-order valence-corrected chi connectivity index (χ1v) is 7.98. The Kier molecular flexibility index (Phi) is 5.41. The van der Waals surface area contributed by atoms with Crippen LogP contribution in [0.3, 0.4) is 0 Å². The van der Waals surface area contributed by atoms with Gasteiger partial charge in [0.15, 0.2) is 0 Å². The van der Waals surface area contributed by atoms with E-state index < -0.39 is 17.7 Å². The minimum Gasteiger partial charge on any atom is -0.414 e. The molecule has 2 aromatic rings. The lowest BCUT2D eigenvalue weighted by atomic mass is 10.1. The third kappa shape index (κ3) is 4.54. The fourth-order valence-corrected chi connectivity index (χ4v) is 2.99. The Balaban J connectivity index is 2.31. The number of ether oxygens (including phenoxy) is 1. The van der Waals surface area contributed by atoms with E-state index in [1.807, 2.05) is 6.92 Å². The molecule has 1 aromatic heterocycles. The molecule has 7 heteroatoms. The third-order valence-electron chi connectivity index (χ3n) is 3.12. The topological polar surface area (TPSA) is 39.2 Å². The van der Waals surface area contributed by atoms with E-state index in [4.69, 9.17) is 4.74 Å². The van der Waals surface area contributed by atoms with Crippen molar-refractivity contribution < 1.29 is 22.7 Å². The van der Waals surface area contributed by atoms with Crippen LogP contribution >= 0.6 is 11.3 Å². The Morgan fingerprint density at radius 1 is 1.26 bits per heavy atom. The predicted octanol–water partition coefficient (Wildman–Crippen LogP) is 5.10. The van der Waals surface area contributed by atoms with Crippen molar-refractivity contribution >= 4 is 17.3 Å². The van der Waals surface area contributed by atoms with Crippen LogP contribution in [-0.4, -0.2) is 11.0 Å². The summed E-state index contributed by atoms with van der Waals surface area (Å²) in [5, 5.41) is 0.960. The predicted molar refractivity (Wildman–Crippen MR) is 82.5 cm³/mol. The molecular formula is C16H16F3NO2S. The Morgan fingerprint density at radius 2 is 1.91 bits per heavy atom. The summed E-state index contributed by atoms with van der Waals surface area (Å²) in [6, 6.07) is 4.80. The second kappa shape index (κ2) is 7.12. The highest BCUT2D eigenvalue weighted by molar-refractivity contribution is 7.17. The second-order valence-electron chi connectivity index (χ2n) is 5.03. The quantitative estimate of drug-likeness (QED) is 0.709. The van der Waals surface area contributed by atoms with Crippen LogP contribution < -0.4 is 4.74 Å². The van der Waals surface area contributed by atoms with Gasteiger partial charge in [-0.3, -0.25) is 4.79 Å². The molecule has 2 rings (SSSR count). The van der Waals surface area contributed by atoms with Gasteiger partial charge in [0.05, 0.1) is 11.3 Å². The van der Waals surface area contributed by atoms with E-state index in [1.54, 1.807) is 0 Å². The number of halogens is 3. The van der Waals surface area contributed by atoms with E-state index in [9.17, 15) is 18.0 Å². The molecule has 0 spiro atoms. The fourth-order valence-electron chi connectivity index (χ4n) is 1.98. The van der Waals surface area contributed by atoms with Crippen molar-refractivity contribution in [3.05, 3.63) is 35.5 Å². The molecule has 1 aromatic carbocycles. The number of esters is 1. The Hall–Kier alpha value is -1.89. The Bertz CT molecular complexity index is 678. The van der Waals surface area contributed by atoms with Crippen LogP contribution in [-0.2, 0) is 17.4 Å². The van der Waals surface area contributed by atoms with Gasteiger partial charge in [-0.15, -0.1) is 0 Å². The molecule has 0 amide bonds. The summed E-state index contributed by atoms with van der Waals surface area (Å²) >= 11 is 1.17. The molecule has 0 N–H and O–H groups in total. The second-order valence-corrected chi connectivity index (χ2v) is 5.99. The molecule has 0 bridgehead atoms. The maximum absolute atomic E-state index is 12.6. The normalized spacial score (nSPS) is 11.5. The minimum atomic E-state index is -4.36. The lowest BCUT2D eigenvalue weighted by Crippen LogP contribution is -2.03. The van der Waals surface area contributed by atoms with E-state index in [2.05, 4.69) is 4.98 Å². The van der Waals surface area contributed by atoms with Gasteiger partial charge in [-0.2, -0.15) is 13.2 Å². The van der Waals surface area contributed by atoms with Crippen molar-refractivity contribution in [3.8, 4) is 15.6 Å². The molecule has 0 aliphatic heterocycles. The summed E-state index contributed by atoms with van der Waals surface area (Å²) in [7, 11) is 0. The smallest absolute Gasteiger partial charge is 0.414 e. The number of hydrogen-bond donors (Lipinski definition) is 0. The maximum Gasteiger partial charge on any atom is 0.416 e. The van der Waals surface area contributed by atoms with Gasteiger partial charge in [0.25, 0.3) is 0 Å². The SMILES string of the molecule is CCCCc1nc(-c2ccc(C(F)(F)F)cc2)sc1OC(C)=O. The molecule has 0 aliphatic rings. The molecule has 0 atom stereocenters. The van der Waals surface area contributed by atoms with E-state index in [-0.39, 0.29) is 0 Å². The molecule has 3 nitrogen and oxygen atoms in total. The number of thiazole rings is 1. The zero-order valence-electron chi connectivity index (χ0n) is 12.7. The third-order valence-corrected chi connectivity index (χ3v) is 4.15. The van der Waals surface area contributed by atoms with Crippen LogP contribution in [0.25, 0.3) is 10.6 Å².